The summed E-state index contributed by atoms with van der Waals surface area (Å²) in [6, 6.07) is 31.6. The van der Waals surface area contributed by atoms with Gasteiger partial charge in [-0.15, -0.1) is 0 Å². The van der Waals surface area contributed by atoms with Crippen LogP contribution in [-0.4, -0.2) is 72.5 Å². The Morgan fingerprint density at radius 3 is 0.609 bits per heavy atom. The van der Waals surface area contributed by atoms with Crippen LogP contribution in [0.15, 0.2) is 159 Å². The molecule has 6 aromatic rings. The minimum absolute atomic E-state index is 0.0300. The minimum Gasteiger partial charge on any atom is -0.478 e. The molecule has 7 rings (SSSR count). The molecular weight excluding hydrogens is 963 g/mol. The summed E-state index contributed by atoms with van der Waals surface area (Å²) in [5.74, 6) is -6.13. The molecule has 3 N–H and O–H groups in total. The smallest absolute Gasteiger partial charge is 0.460 e. The summed E-state index contributed by atoms with van der Waals surface area (Å²) in [5.41, 5.74) is 0.00388. The molecule has 0 aromatic heterocycles. The molecule has 6 aromatic carbocycles. The minimum atomic E-state index is -4.67. The summed E-state index contributed by atoms with van der Waals surface area (Å²) in [4.78, 5) is 73.2. The Hall–Kier alpha value is -8.37. The van der Waals surface area contributed by atoms with Crippen LogP contribution in [0.3, 0.4) is 0 Å². The van der Waals surface area contributed by atoms with Gasteiger partial charge < -0.3 is 56.7 Å². The number of hydrogen-bond acceptors (Lipinski definition) is 18. The lowest BCUT2D eigenvalue weighted by Crippen LogP contribution is -2.11. The first-order valence-corrected chi connectivity index (χ1v) is 24.3. The molecule has 1 aliphatic rings. The highest BCUT2D eigenvalue weighted by molar-refractivity contribution is 7.79. The maximum Gasteiger partial charge on any atom is 0.460 e. The van der Waals surface area contributed by atoms with E-state index in [1.807, 2.05) is 0 Å². The monoisotopic (exact) mass is 999 g/mol. The topological polar surface area (TPSA) is 283 Å². The van der Waals surface area contributed by atoms with Gasteiger partial charge in [0.15, 0.2) is 0 Å². The number of rotatable bonds is 18. The number of esters is 3. The molecule has 1 atom stereocenters. The van der Waals surface area contributed by atoms with Crippen LogP contribution in [0.5, 0.6) is 34.5 Å². The number of carbonyl (C=O) groups is 6. The van der Waals surface area contributed by atoms with E-state index < -0.39 is 58.8 Å². The second-order valence-corrected chi connectivity index (χ2v) is 20.0. The molecule has 354 valence electrons. The first kappa shape index (κ1) is 48.6. The largest absolute Gasteiger partial charge is 0.478 e. The SMILES string of the molecule is COC(=O)c1ccc(OP2(Oc3ccc(C(=O)O)cc3)=NP(Oc3ccc(C(=O)O)cc3)(Oc3ccc(C(=O)O)cc3)=NP(Oc3ccc(C(=O)OC)cc3)(Oc3ccc(C(=O)OC)cc3)=N2)cc1. The van der Waals surface area contributed by atoms with Crippen molar-refractivity contribution in [3.05, 3.63) is 179 Å². The average molecular weight is 1000 g/mol. The molecule has 0 spiro atoms. The van der Waals surface area contributed by atoms with Crippen molar-refractivity contribution >= 4 is 58.8 Å². The summed E-state index contributed by atoms with van der Waals surface area (Å²) < 4.78 is 69.4. The lowest BCUT2D eigenvalue weighted by molar-refractivity contribution is 0.0592. The van der Waals surface area contributed by atoms with Crippen LogP contribution in [-0.2, 0) is 14.2 Å². The predicted octanol–water partition coefficient (Wildman–Crippen LogP) is 10.8. The van der Waals surface area contributed by atoms with Gasteiger partial charge in [0, 0.05) is 0 Å². The molecule has 0 aliphatic carbocycles. The molecule has 0 radical (unpaired) electrons. The molecule has 1 unspecified atom stereocenters. The van der Waals surface area contributed by atoms with Gasteiger partial charge in [0.25, 0.3) is 0 Å². The number of benzene rings is 6. The van der Waals surface area contributed by atoms with E-state index in [0.29, 0.717) is 0 Å². The summed E-state index contributed by atoms with van der Waals surface area (Å²) in [6.45, 7) is 0. The van der Waals surface area contributed by atoms with Gasteiger partial charge in [0.1, 0.15) is 34.5 Å². The predicted molar refractivity (Wildman–Crippen MR) is 245 cm³/mol. The van der Waals surface area contributed by atoms with Crippen LogP contribution in [0.1, 0.15) is 62.1 Å². The number of methoxy groups -OCH3 is 3. The van der Waals surface area contributed by atoms with Crippen LogP contribution < -0.4 is 27.1 Å². The number of aromatic carboxylic acids is 3. The van der Waals surface area contributed by atoms with E-state index >= 15 is 0 Å². The van der Waals surface area contributed by atoms with Gasteiger partial charge >= 0.3 is 58.8 Å². The Morgan fingerprint density at radius 1 is 0.304 bits per heavy atom. The summed E-state index contributed by atoms with van der Waals surface area (Å²) in [6.07, 6.45) is 0. The van der Waals surface area contributed by atoms with Crippen LogP contribution >= 0.6 is 23.0 Å². The number of carboxylic acids is 3. The zero-order valence-electron chi connectivity index (χ0n) is 36.0. The molecule has 0 saturated carbocycles. The van der Waals surface area contributed by atoms with Gasteiger partial charge in [-0.3, -0.25) is 0 Å². The van der Waals surface area contributed by atoms with Gasteiger partial charge in [-0.1, -0.05) is 13.5 Å². The number of carboxylic acid groups (broad SMARTS) is 3. The lowest BCUT2D eigenvalue weighted by atomic mass is 10.2. The van der Waals surface area contributed by atoms with Crippen LogP contribution in [0.2, 0.25) is 0 Å². The molecule has 69 heavy (non-hydrogen) atoms. The summed E-state index contributed by atoms with van der Waals surface area (Å²) in [5, 5.41) is 29.2. The van der Waals surface area contributed by atoms with E-state index in [9.17, 15) is 44.1 Å². The third kappa shape index (κ3) is 11.8. The average Bonchev–Trinajstić information content (AvgIpc) is 3.34. The van der Waals surface area contributed by atoms with E-state index in [2.05, 4.69) is 0 Å². The highest BCUT2D eigenvalue weighted by Crippen LogP contribution is 2.78. The van der Waals surface area contributed by atoms with Crippen molar-refractivity contribution in [3.63, 3.8) is 0 Å². The molecule has 0 saturated heterocycles. The van der Waals surface area contributed by atoms with Crippen molar-refractivity contribution in [1.29, 1.82) is 0 Å². The lowest BCUT2D eigenvalue weighted by Gasteiger charge is -2.33. The standard InChI is InChI=1S/C45H36N3O18P3/c1-58-43(55)31-10-22-37(23-11-31)64-68(63-36-20-8-30(9-21-36)42(53)54)46-67(61-34-16-4-28(5-17-34)40(49)50,62-35-18-6-29(7-19-35)41(51)52)47-69(48-68,65-38-24-12-32(13-25-38)44(56)59-2)66-39-26-14-33(15-27-39)45(57)60-3/h4-27H,1-3H3,(H,49,50)(H,51,52)(H,53,54). The highest BCUT2D eigenvalue weighted by atomic mass is 31.3. The van der Waals surface area contributed by atoms with Crippen molar-refractivity contribution in [2.45, 2.75) is 0 Å². The molecule has 0 bridgehead atoms. The van der Waals surface area contributed by atoms with Crippen molar-refractivity contribution in [3.8, 4) is 34.5 Å². The molecule has 21 nitrogen and oxygen atoms in total. The van der Waals surface area contributed by atoms with Crippen molar-refractivity contribution < 1.29 is 85.4 Å². The van der Waals surface area contributed by atoms with Crippen LogP contribution in [0, 0.1) is 0 Å². The van der Waals surface area contributed by atoms with E-state index in [0.717, 1.165) is 0 Å². The fourth-order valence-corrected chi connectivity index (χ4v) is 14.9. The number of hydrogen-bond donors (Lipinski definition) is 3. The Balaban J connectivity index is 1.58. The highest BCUT2D eigenvalue weighted by Gasteiger charge is 2.49. The van der Waals surface area contributed by atoms with Gasteiger partial charge in [-0.2, -0.15) is 0 Å². The van der Waals surface area contributed by atoms with Gasteiger partial charge in [-0.25, -0.2) is 28.8 Å². The first-order chi connectivity index (χ1) is 33.0. The Labute approximate surface area is 391 Å². The quantitative estimate of drug-likeness (QED) is 0.0410. The third-order valence-electron chi connectivity index (χ3n) is 9.15. The van der Waals surface area contributed by atoms with Gasteiger partial charge in [0.05, 0.1) is 54.7 Å². The van der Waals surface area contributed by atoms with Crippen molar-refractivity contribution in [1.82, 2.24) is 0 Å². The Morgan fingerprint density at radius 2 is 0.464 bits per heavy atom. The van der Waals surface area contributed by atoms with Gasteiger partial charge in [-0.05, 0) is 146 Å². The number of ether oxygens (including phenoxy) is 3. The maximum atomic E-state index is 12.5. The fourth-order valence-electron chi connectivity index (χ4n) is 5.87. The Bertz CT molecular complexity index is 2980. The first-order valence-electron chi connectivity index (χ1n) is 19.7. The molecule has 24 heteroatoms. The fraction of sp³-hybridized carbons (Fsp3) is 0.0667. The molecule has 0 amide bonds. The Kier molecular flexibility index (Phi) is 14.5. The molecule has 0 fully saturated rings. The third-order valence-corrected chi connectivity index (χ3v) is 17.3. The normalized spacial score (nSPS) is 15.2. The number of carbonyl (C=O) groups excluding carboxylic acids is 3. The van der Waals surface area contributed by atoms with Crippen LogP contribution in [0.25, 0.3) is 0 Å². The summed E-state index contributed by atoms with van der Waals surface area (Å²) in [7, 11) is -10.4. The van der Waals surface area contributed by atoms with E-state index in [-0.39, 0.29) is 67.9 Å². The summed E-state index contributed by atoms with van der Waals surface area (Å²) >= 11 is 0. The van der Waals surface area contributed by atoms with Crippen molar-refractivity contribution in [2.75, 3.05) is 21.3 Å². The van der Waals surface area contributed by atoms with Crippen LogP contribution in [0.4, 0.5) is 0 Å². The molecular formula is C45H36N3O18P3. The van der Waals surface area contributed by atoms with E-state index in [1.165, 1.54) is 167 Å². The number of nitrogens with zero attached hydrogens (tertiary/aromatic N) is 3. The van der Waals surface area contributed by atoms with Crippen molar-refractivity contribution in [2.24, 2.45) is 13.5 Å². The zero-order valence-corrected chi connectivity index (χ0v) is 38.7. The van der Waals surface area contributed by atoms with E-state index in [4.69, 9.17) is 54.9 Å². The second kappa shape index (κ2) is 20.7. The maximum absolute atomic E-state index is 12.5. The zero-order chi connectivity index (χ0) is 49.3. The second-order valence-electron chi connectivity index (χ2n) is 13.8. The molecule has 1 aliphatic heterocycles. The van der Waals surface area contributed by atoms with E-state index in [1.54, 1.807) is 0 Å². The van der Waals surface area contributed by atoms with Gasteiger partial charge in [0.2, 0.25) is 0 Å². The molecule has 1 heterocycles.